The van der Waals surface area contributed by atoms with Crippen LogP contribution < -0.4 is 15.4 Å². The van der Waals surface area contributed by atoms with Crippen molar-refractivity contribution in [1.29, 1.82) is 0 Å². The first kappa shape index (κ1) is 26.1. The molecule has 2 N–H and O–H groups in total. The van der Waals surface area contributed by atoms with Gasteiger partial charge in [-0.25, -0.2) is 4.98 Å². The Morgan fingerprint density at radius 3 is 2.51 bits per heavy atom. The SMILES string of the molecule is O=C1CCC(N2C(=O)c3ccc(NCC4CC(n5cc(-c6cccc(OC7CC7)n6)c(C6CC6)n5)C4)cc3C2=O)C(=O)N1. The maximum absolute atomic E-state index is 13.1. The third-order valence-corrected chi connectivity index (χ3v) is 9.16. The molecule has 1 aromatic carbocycles. The quantitative estimate of drug-likeness (QED) is 0.365. The summed E-state index contributed by atoms with van der Waals surface area (Å²) in [5.74, 6) is -0.355. The highest BCUT2D eigenvalue weighted by Gasteiger charge is 2.44. The first-order chi connectivity index (χ1) is 20.9. The van der Waals surface area contributed by atoms with Crippen molar-refractivity contribution >= 4 is 29.3 Å². The number of pyridine rings is 1. The molecular formula is C32H32N6O5. The van der Waals surface area contributed by atoms with E-state index in [0.717, 1.165) is 59.8 Å². The van der Waals surface area contributed by atoms with E-state index in [2.05, 4.69) is 21.5 Å². The maximum Gasteiger partial charge on any atom is 0.262 e. The van der Waals surface area contributed by atoms with Crippen LogP contribution >= 0.6 is 0 Å². The minimum absolute atomic E-state index is 0.0974. The molecule has 0 bridgehead atoms. The number of amides is 4. The van der Waals surface area contributed by atoms with Gasteiger partial charge in [0.2, 0.25) is 17.7 Å². The fourth-order valence-electron chi connectivity index (χ4n) is 6.36. The number of nitrogens with one attached hydrogen (secondary N) is 2. The number of hydrogen-bond donors (Lipinski definition) is 2. The van der Waals surface area contributed by atoms with Crippen LogP contribution in [-0.2, 0) is 9.59 Å². The van der Waals surface area contributed by atoms with E-state index in [-0.39, 0.29) is 29.9 Å². The number of nitrogens with zero attached hydrogens (tertiary/aromatic N) is 4. The summed E-state index contributed by atoms with van der Waals surface area (Å²) in [5, 5.41) is 10.7. The van der Waals surface area contributed by atoms with Crippen LogP contribution in [0.1, 0.15) is 89.7 Å². The van der Waals surface area contributed by atoms with Gasteiger partial charge in [0.05, 0.1) is 28.6 Å². The largest absolute Gasteiger partial charge is 0.474 e. The Morgan fingerprint density at radius 2 is 1.74 bits per heavy atom. The van der Waals surface area contributed by atoms with Gasteiger partial charge in [-0.2, -0.15) is 5.10 Å². The molecule has 1 saturated heterocycles. The van der Waals surface area contributed by atoms with Crippen molar-refractivity contribution in [2.75, 3.05) is 11.9 Å². The summed E-state index contributed by atoms with van der Waals surface area (Å²) in [6.45, 7) is 0.736. The Bertz CT molecular complexity index is 1670. The average molecular weight is 581 g/mol. The Balaban J connectivity index is 0.906. The first-order valence-corrected chi connectivity index (χ1v) is 15.2. The third-order valence-electron chi connectivity index (χ3n) is 9.16. The van der Waals surface area contributed by atoms with Crippen LogP contribution in [0, 0.1) is 5.92 Å². The van der Waals surface area contributed by atoms with Crippen molar-refractivity contribution in [2.24, 2.45) is 5.92 Å². The van der Waals surface area contributed by atoms with Crippen molar-refractivity contribution in [2.45, 2.75) is 75.5 Å². The van der Waals surface area contributed by atoms with Crippen molar-refractivity contribution in [3.05, 3.63) is 59.4 Å². The number of hydrogen-bond acceptors (Lipinski definition) is 8. The summed E-state index contributed by atoms with van der Waals surface area (Å²) < 4.78 is 8.06. The number of piperidine rings is 1. The second-order valence-electron chi connectivity index (χ2n) is 12.4. The van der Waals surface area contributed by atoms with Crippen molar-refractivity contribution in [1.82, 2.24) is 25.0 Å². The maximum atomic E-state index is 13.1. The molecule has 220 valence electrons. The second-order valence-corrected chi connectivity index (χ2v) is 12.4. The lowest BCUT2D eigenvalue weighted by molar-refractivity contribution is -0.136. The lowest BCUT2D eigenvalue weighted by Crippen LogP contribution is -2.54. The highest BCUT2D eigenvalue weighted by Crippen LogP contribution is 2.46. The van der Waals surface area contributed by atoms with Crippen LogP contribution in [0.15, 0.2) is 42.6 Å². The molecular weight excluding hydrogens is 548 g/mol. The highest BCUT2D eigenvalue weighted by atomic mass is 16.5. The molecule has 4 fully saturated rings. The van der Waals surface area contributed by atoms with Gasteiger partial charge in [0.1, 0.15) is 12.1 Å². The normalized spacial score (nSPS) is 24.9. The minimum atomic E-state index is -0.965. The zero-order valence-corrected chi connectivity index (χ0v) is 23.6. The van der Waals surface area contributed by atoms with E-state index in [4.69, 9.17) is 14.8 Å². The smallest absolute Gasteiger partial charge is 0.262 e. The molecule has 0 spiro atoms. The van der Waals surface area contributed by atoms with Crippen LogP contribution in [0.25, 0.3) is 11.3 Å². The molecule has 0 radical (unpaired) electrons. The zero-order chi connectivity index (χ0) is 29.2. The summed E-state index contributed by atoms with van der Waals surface area (Å²) in [6.07, 6.45) is 9.21. The lowest BCUT2D eigenvalue weighted by Gasteiger charge is -2.35. The van der Waals surface area contributed by atoms with Crippen LogP contribution in [0.4, 0.5) is 5.69 Å². The van der Waals surface area contributed by atoms with Gasteiger partial charge in [-0.15, -0.1) is 0 Å². The molecule has 4 amide bonds. The number of aromatic nitrogens is 3. The molecule has 3 aliphatic carbocycles. The van der Waals surface area contributed by atoms with Crippen molar-refractivity contribution < 1.29 is 23.9 Å². The van der Waals surface area contributed by atoms with E-state index in [1.54, 1.807) is 18.2 Å². The predicted octanol–water partition coefficient (Wildman–Crippen LogP) is 3.83. The topological polar surface area (TPSA) is 136 Å². The molecule has 1 atom stereocenters. The summed E-state index contributed by atoms with van der Waals surface area (Å²) >= 11 is 0. The number of anilines is 1. The standard InChI is InChI=1S/C32H32N6O5/c39-27-11-10-26(30(40)35-27)38-31(41)22-9-6-19(14-23(22)32(38)42)33-15-17-12-20(13-17)37-16-24(29(36-37)18-4-5-18)25-2-1-3-28(34-25)43-21-7-8-21/h1-3,6,9,14,16-18,20-21,26,33H,4-5,7-8,10-13,15H2,(H,35,39,40). The molecule has 3 aromatic rings. The Labute approximate surface area is 248 Å². The Morgan fingerprint density at radius 1 is 0.930 bits per heavy atom. The van der Waals surface area contributed by atoms with Crippen LogP contribution in [0.3, 0.4) is 0 Å². The molecule has 43 heavy (non-hydrogen) atoms. The number of carbonyl (C=O) groups excluding carboxylic acids is 4. The summed E-state index contributed by atoms with van der Waals surface area (Å²) in [7, 11) is 0. The highest BCUT2D eigenvalue weighted by molar-refractivity contribution is 6.23. The van der Waals surface area contributed by atoms with Gasteiger partial charge in [0, 0.05) is 42.4 Å². The van der Waals surface area contributed by atoms with E-state index < -0.39 is 23.8 Å². The Hall–Kier alpha value is -4.54. The lowest BCUT2D eigenvalue weighted by atomic mass is 9.80. The van der Waals surface area contributed by atoms with E-state index in [1.165, 1.54) is 12.8 Å². The van der Waals surface area contributed by atoms with E-state index >= 15 is 0 Å². The number of benzene rings is 1. The molecule has 11 heteroatoms. The van der Waals surface area contributed by atoms with Gasteiger partial charge >= 0.3 is 0 Å². The molecule has 1 unspecified atom stereocenters. The summed E-state index contributed by atoms with van der Waals surface area (Å²) in [5.41, 5.74) is 4.48. The average Bonchev–Trinajstić information content (AvgIpc) is 3.92. The summed E-state index contributed by atoms with van der Waals surface area (Å²) in [6, 6.07) is 10.5. The molecule has 2 aliphatic heterocycles. The fourth-order valence-corrected chi connectivity index (χ4v) is 6.36. The summed E-state index contributed by atoms with van der Waals surface area (Å²) in [4.78, 5) is 55.7. The Kier molecular flexibility index (Phi) is 6.09. The van der Waals surface area contributed by atoms with Gasteiger partial charge in [0.15, 0.2) is 0 Å². The van der Waals surface area contributed by atoms with Crippen LogP contribution in [-0.4, -0.2) is 62.0 Å². The van der Waals surface area contributed by atoms with Crippen LogP contribution in [0.5, 0.6) is 5.88 Å². The minimum Gasteiger partial charge on any atom is -0.474 e. The zero-order valence-electron chi connectivity index (χ0n) is 23.6. The first-order valence-electron chi connectivity index (χ1n) is 15.2. The third kappa shape index (κ3) is 4.86. The van der Waals surface area contributed by atoms with Crippen molar-refractivity contribution in [3.63, 3.8) is 0 Å². The van der Waals surface area contributed by atoms with E-state index in [9.17, 15) is 19.2 Å². The number of imide groups is 2. The molecule has 2 aromatic heterocycles. The van der Waals surface area contributed by atoms with Crippen LogP contribution in [0.2, 0.25) is 0 Å². The number of rotatable bonds is 9. The van der Waals surface area contributed by atoms with Gasteiger partial charge in [-0.05, 0) is 75.1 Å². The van der Waals surface area contributed by atoms with Gasteiger partial charge in [-0.3, -0.25) is 34.1 Å². The van der Waals surface area contributed by atoms with Gasteiger partial charge in [0.25, 0.3) is 11.8 Å². The monoisotopic (exact) mass is 580 g/mol. The predicted molar refractivity (Wildman–Crippen MR) is 154 cm³/mol. The molecule has 8 rings (SSSR count). The fraction of sp³-hybridized carbons (Fsp3) is 0.438. The molecule has 5 aliphatic rings. The number of fused-ring (bicyclic) bond motifs is 1. The number of ether oxygens (including phenoxy) is 1. The van der Waals surface area contributed by atoms with Gasteiger partial charge in [-0.1, -0.05) is 6.07 Å². The van der Waals surface area contributed by atoms with Crippen molar-refractivity contribution in [3.8, 4) is 17.1 Å². The molecule has 11 nitrogen and oxygen atoms in total. The van der Waals surface area contributed by atoms with E-state index in [1.807, 2.05) is 18.2 Å². The number of carbonyl (C=O) groups is 4. The van der Waals surface area contributed by atoms with E-state index in [0.29, 0.717) is 29.9 Å². The van der Waals surface area contributed by atoms with Gasteiger partial charge < -0.3 is 10.1 Å². The second kappa shape index (κ2) is 10.0. The molecule has 4 heterocycles. The molecule has 3 saturated carbocycles.